The first kappa shape index (κ1) is 11.2. The molecule has 0 aliphatic heterocycles. The van der Waals surface area contributed by atoms with Crippen LogP contribution < -0.4 is 5.73 Å². The number of halogens is 2. The highest BCUT2D eigenvalue weighted by Gasteiger charge is 2.19. The van der Waals surface area contributed by atoms with Gasteiger partial charge in [0.05, 0.1) is 17.4 Å². The monoisotopic (exact) mass is 234 g/mol. The fourth-order valence-corrected chi connectivity index (χ4v) is 1.38. The molecule has 0 spiro atoms. The second kappa shape index (κ2) is 4.29. The highest BCUT2D eigenvalue weighted by Crippen LogP contribution is 2.16. The van der Waals surface area contributed by atoms with Crippen LogP contribution >= 0.6 is 0 Å². The molecule has 17 heavy (non-hydrogen) atoms. The van der Waals surface area contributed by atoms with E-state index < -0.39 is 23.0 Å². The Morgan fingerprint density at radius 1 is 1.12 bits per heavy atom. The molecule has 0 unspecified atom stereocenters. The van der Waals surface area contributed by atoms with E-state index in [-0.39, 0.29) is 5.69 Å². The third kappa shape index (κ3) is 2.13. The van der Waals surface area contributed by atoms with Gasteiger partial charge in [0.25, 0.3) is 0 Å². The van der Waals surface area contributed by atoms with Gasteiger partial charge in [-0.2, -0.15) is 0 Å². The van der Waals surface area contributed by atoms with Crippen LogP contribution in [0.3, 0.4) is 0 Å². The number of rotatable bonds is 2. The van der Waals surface area contributed by atoms with Gasteiger partial charge in [0.2, 0.25) is 5.78 Å². The smallest absolute Gasteiger partial charge is 0.217 e. The van der Waals surface area contributed by atoms with Gasteiger partial charge >= 0.3 is 0 Å². The lowest BCUT2D eigenvalue weighted by molar-refractivity contribution is 0.102. The van der Waals surface area contributed by atoms with Gasteiger partial charge in [-0.25, -0.2) is 8.78 Å². The molecular weight excluding hydrogens is 226 g/mol. The molecule has 0 radical (unpaired) electrons. The van der Waals surface area contributed by atoms with Crippen molar-refractivity contribution >= 4 is 11.5 Å². The van der Waals surface area contributed by atoms with Gasteiger partial charge in [-0.05, 0) is 24.3 Å². The van der Waals surface area contributed by atoms with Crippen LogP contribution in [-0.2, 0) is 0 Å². The van der Waals surface area contributed by atoms with Crippen LogP contribution in [0.15, 0.2) is 36.5 Å². The molecule has 0 saturated heterocycles. The van der Waals surface area contributed by atoms with Crippen LogP contribution in [0.4, 0.5) is 14.5 Å². The summed E-state index contributed by atoms with van der Waals surface area (Å²) >= 11 is 0. The summed E-state index contributed by atoms with van der Waals surface area (Å²) in [7, 11) is 0. The average Bonchev–Trinajstić information content (AvgIpc) is 2.29. The van der Waals surface area contributed by atoms with E-state index >= 15 is 0 Å². The van der Waals surface area contributed by atoms with Crippen molar-refractivity contribution in [2.75, 3.05) is 5.73 Å². The number of carbonyl (C=O) groups is 1. The largest absolute Gasteiger partial charge is 0.397 e. The number of hydrogen-bond donors (Lipinski definition) is 1. The normalized spacial score (nSPS) is 10.2. The van der Waals surface area contributed by atoms with Crippen molar-refractivity contribution in [3.05, 3.63) is 59.4 Å². The Labute approximate surface area is 95.9 Å². The predicted molar refractivity (Wildman–Crippen MR) is 58.4 cm³/mol. The van der Waals surface area contributed by atoms with Crippen LogP contribution in [0.25, 0.3) is 0 Å². The van der Waals surface area contributed by atoms with Gasteiger partial charge in [-0.3, -0.25) is 9.78 Å². The number of nitrogens with two attached hydrogens (primary N) is 1. The topological polar surface area (TPSA) is 56.0 Å². The minimum absolute atomic E-state index is 0.0526. The molecule has 1 aromatic carbocycles. The maximum atomic E-state index is 13.4. The lowest BCUT2D eigenvalue weighted by atomic mass is 10.1. The summed E-state index contributed by atoms with van der Waals surface area (Å²) in [6, 6.07) is 6.00. The van der Waals surface area contributed by atoms with E-state index in [4.69, 9.17) is 5.73 Å². The maximum absolute atomic E-state index is 13.4. The third-order valence-electron chi connectivity index (χ3n) is 2.21. The fourth-order valence-electron chi connectivity index (χ4n) is 1.38. The minimum Gasteiger partial charge on any atom is -0.397 e. The first-order chi connectivity index (χ1) is 8.09. The number of anilines is 1. The molecule has 0 saturated carbocycles. The molecule has 3 nitrogen and oxygen atoms in total. The Morgan fingerprint density at radius 2 is 1.76 bits per heavy atom. The predicted octanol–water partition coefficient (Wildman–Crippen LogP) is 2.17. The van der Waals surface area contributed by atoms with Crippen molar-refractivity contribution < 1.29 is 13.6 Å². The number of nitrogen functional groups attached to an aromatic ring is 1. The van der Waals surface area contributed by atoms with E-state index in [0.717, 1.165) is 12.1 Å². The molecule has 2 aromatic rings. The van der Waals surface area contributed by atoms with Crippen molar-refractivity contribution in [1.29, 1.82) is 0 Å². The van der Waals surface area contributed by atoms with Gasteiger partial charge < -0.3 is 5.73 Å². The van der Waals surface area contributed by atoms with Crippen molar-refractivity contribution in [2.24, 2.45) is 0 Å². The van der Waals surface area contributed by atoms with Crippen LogP contribution in [0.1, 0.15) is 16.1 Å². The summed E-state index contributed by atoms with van der Waals surface area (Å²) in [5.74, 6) is -2.62. The lowest BCUT2D eigenvalue weighted by Crippen LogP contribution is -2.09. The van der Waals surface area contributed by atoms with E-state index in [9.17, 15) is 13.6 Å². The van der Waals surface area contributed by atoms with Crippen LogP contribution in [0.2, 0.25) is 0 Å². The summed E-state index contributed by atoms with van der Waals surface area (Å²) in [6.45, 7) is 0. The highest BCUT2D eigenvalue weighted by atomic mass is 19.1. The van der Waals surface area contributed by atoms with Crippen molar-refractivity contribution in [2.45, 2.75) is 0 Å². The molecule has 2 N–H and O–H groups in total. The zero-order valence-corrected chi connectivity index (χ0v) is 8.65. The Morgan fingerprint density at radius 3 is 2.29 bits per heavy atom. The summed E-state index contributed by atoms with van der Waals surface area (Å²) < 4.78 is 26.7. The first-order valence-electron chi connectivity index (χ1n) is 4.80. The van der Waals surface area contributed by atoms with Gasteiger partial charge in [0.15, 0.2) is 0 Å². The standard InChI is InChI=1S/C12H8F2N2O/c13-8-2-1-3-9(14)11(8)12(17)10-5-4-7(15)6-16-10/h1-6H,15H2. The summed E-state index contributed by atoms with van der Waals surface area (Å²) in [5, 5.41) is 0. The minimum atomic E-state index is -0.909. The molecule has 5 heteroatoms. The Balaban J connectivity index is 2.47. The zero-order chi connectivity index (χ0) is 12.4. The quantitative estimate of drug-likeness (QED) is 0.810. The lowest BCUT2D eigenvalue weighted by Gasteiger charge is -2.03. The van der Waals surface area contributed by atoms with Crippen LogP contribution in [0.5, 0.6) is 0 Å². The van der Waals surface area contributed by atoms with Crippen LogP contribution in [0, 0.1) is 11.6 Å². The first-order valence-corrected chi connectivity index (χ1v) is 4.80. The summed E-state index contributed by atoms with van der Waals surface area (Å²) in [6.07, 6.45) is 1.26. The molecule has 0 aliphatic rings. The van der Waals surface area contributed by atoms with E-state index in [0.29, 0.717) is 5.69 Å². The molecule has 0 amide bonds. The Kier molecular flexibility index (Phi) is 2.82. The van der Waals surface area contributed by atoms with Gasteiger partial charge in [-0.1, -0.05) is 6.07 Å². The highest BCUT2D eigenvalue weighted by molar-refractivity contribution is 6.08. The van der Waals surface area contributed by atoms with E-state index in [1.54, 1.807) is 0 Å². The van der Waals surface area contributed by atoms with Gasteiger partial charge in [0, 0.05) is 0 Å². The number of carbonyl (C=O) groups excluding carboxylic acids is 1. The molecular formula is C12H8F2N2O. The Hall–Kier alpha value is -2.30. The molecule has 0 bridgehead atoms. The second-order valence-electron chi connectivity index (χ2n) is 3.40. The molecule has 0 aliphatic carbocycles. The summed E-state index contributed by atoms with van der Waals surface area (Å²) in [4.78, 5) is 15.5. The summed E-state index contributed by atoms with van der Waals surface area (Å²) in [5.41, 5.74) is 5.11. The SMILES string of the molecule is Nc1ccc(C(=O)c2c(F)cccc2F)nc1. The van der Waals surface area contributed by atoms with Gasteiger partial charge in [0.1, 0.15) is 17.3 Å². The molecule has 1 heterocycles. The van der Waals surface area contributed by atoms with E-state index in [1.807, 2.05) is 0 Å². The molecule has 2 rings (SSSR count). The van der Waals surface area contributed by atoms with Crippen molar-refractivity contribution in [1.82, 2.24) is 4.98 Å². The number of ketones is 1. The maximum Gasteiger partial charge on any atom is 0.217 e. The zero-order valence-electron chi connectivity index (χ0n) is 8.65. The molecule has 0 fully saturated rings. The number of aromatic nitrogens is 1. The number of nitrogens with zero attached hydrogens (tertiary/aromatic N) is 1. The third-order valence-corrected chi connectivity index (χ3v) is 2.21. The number of hydrogen-bond acceptors (Lipinski definition) is 3. The Bertz CT molecular complexity index is 547. The number of benzene rings is 1. The van der Waals surface area contributed by atoms with Crippen molar-refractivity contribution in [3.63, 3.8) is 0 Å². The van der Waals surface area contributed by atoms with Crippen LogP contribution in [-0.4, -0.2) is 10.8 Å². The molecule has 0 atom stereocenters. The van der Waals surface area contributed by atoms with E-state index in [2.05, 4.69) is 4.98 Å². The molecule has 1 aromatic heterocycles. The van der Waals surface area contributed by atoms with Gasteiger partial charge in [-0.15, -0.1) is 0 Å². The van der Waals surface area contributed by atoms with E-state index in [1.165, 1.54) is 24.4 Å². The second-order valence-corrected chi connectivity index (χ2v) is 3.40. The molecule has 86 valence electrons. The number of pyridine rings is 1. The average molecular weight is 234 g/mol. The fraction of sp³-hybridized carbons (Fsp3) is 0. The van der Waals surface area contributed by atoms with Crippen molar-refractivity contribution in [3.8, 4) is 0 Å².